The van der Waals surface area contributed by atoms with Crippen LogP contribution in [0.1, 0.15) is 51.5 Å². The van der Waals surface area contributed by atoms with E-state index in [0.29, 0.717) is 12.0 Å². The van der Waals surface area contributed by atoms with Gasteiger partial charge in [-0.2, -0.15) is 4.98 Å². The van der Waals surface area contributed by atoms with Crippen molar-refractivity contribution in [2.24, 2.45) is 0 Å². The molecular formula is C22H27N7O. The maximum atomic E-state index is 12.2. The second-order valence-corrected chi connectivity index (χ2v) is 8.82. The second-order valence-electron chi connectivity index (χ2n) is 8.82. The zero-order valence-electron chi connectivity index (χ0n) is 17.6. The van der Waals surface area contributed by atoms with Crippen LogP contribution >= 0.6 is 0 Å². The number of anilines is 4. The topological polar surface area (TPSA) is 87.5 Å². The van der Waals surface area contributed by atoms with Crippen molar-refractivity contribution < 1.29 is 4.79 Å². The molecular weight excluding hydrogens is 378 g/mol. The molecule has 1 aromatic carbocycles. The summed E-state index contributed by atoms with van der Waals surface area (Å²) in [6.45, 7) is 3.87. The molecule has 0 atom stereocenters. The summed E-state index contributed by atoms with van der Waals surface area (Å²) >= 11 is 0. The van der Waals surface area contributed by atoms with Crippen molar-refractivity contribution in [2.45, 2.75) is 57.4 Å². The van der Waals surface area contributed by atoms with Crippen molar-refractivity contribution in [2.75, 3.05) is 22.6 Å². The van der Waals surface area contributed by atoms with Crippen LogP contribution in [0, 0.1) is 0 Å². The van der Waals surface area contributed by atoms with Crippen molar-refractivity contribution in [3.63, 3.8) is 0 Å². The van der Waals surface area contributed by atoms with E-state index in [1.807, 2.05) is 38.2 Å². The van der Waals surface area contributed by atoms with Crippen LogP contribution in [-0.4, -0.2) is 38.6 Å². The number of hydrogen-bond donors (Lipinski definition) is 2. The lowest BCUT2D eigenvalue weighted by Crippen LogP contribution is -2.34. The number of aromatic nitrogens is 4. The summed E-state index contributed by atoms with van der Waals surface area (Å²) in [6.07, 6.45) is 9.82. The summed E-state index contributed by atoms with van der Waals surface area (Å²) in [4.78, 5) is 23.8. The van der Waals surface area contributed by atoms with Crippen molar-refractivity contribution in [1.29, 1.82) is 0 Å². The lowest BCUT2D eigenvalue weighted by Gasteiger charge is -2.31. The largest absolute Gasteiger partial charge is 0.354 e. The van der Waals surface area contributed by atoms with Crippen molar-refractivity contribution >= 4 is 34.7 Å². The monoisotopic (exact) mass is 405 g/mol. The fraction of sp³-hybridized carbons (Fsp3) is 0.455. The molecule has 30 heavy (non-hydrogen) atoms. The summed E-state index contributed by atoms with van der Waals surface area (Å²) < 4.78 is 1.77. The Balaban J connectivity index is 1.43. The van der Waals surface area contributed by atoms with Crippen LogP contribution in [0.3, 0.4) is 0 Å². The van der Waals surface area contributed by atoms with Crippen LogP contribution in [0.2, 0.25) is 0 Å². The molecule has 0 saturated heterocycles. The van der Waals surface area contributed by atoms with Gasteiger partial charge in [-0.15, -0.1) is 5.10 Å². The van der Waals surface area contributed by atoms with E-state index in [2.05, 4.69) is 32.7 Å². The molecule has 0 bridgehead atoms. The molecule has 2 aliphatic rings. The first-order chi connectivity index (χ1) is 14.4. The molecule has 0 spiro atoms. The predicted octanol–water partition coefficient (Wildman–Crippen LogP) is 3.87. The summed E-state index contributed by atoms with van der Waals surface area (Å²) in [5.74, 6) is 1.37. The second kappa shape index (κ2) is 6.97. The highest BCUT2D eigenvalue weighted by Crippen LogP contribution is 2.39. The van der Waals surface area contributed by atoms with Crippen molar-refractivity contribution in [1.82, 2.24) is 19.6 Å². The van der Waals surface area contributed by atoms with Gasteiger partial charge in [0.25, 0.3) is 0 Å². The first-order valence-electron chi connectivity index (χ1n) is 10.6. The van der Waals surface area contributed by atoms with Crippen LogP contribution in [-0.2, 0) is 10.2 Å². The third-order valence-electron chi connectivity index (χ3n) is 6.46. The third kappa shape index (κ3) is 3.07. The highest BCUT2D eigenvalue weighted by molar-refractivity contribution is 6.06. The molecule has 156 valence electrons. The smallest absolute Gasteiger partial charge is 0.247 e. The van der Waals surface area contributed by atoms with E-state index in [4.69, 9.17) is 4.98 Å². The van der Waals surface area contributed by atoms with E-state index in [1.165, 1.54) is 32.1 Å². The maximum absolute atomic E-state index is 12.2. The molecule has 8 heteroatoms. The van der Waals surface area contributed by atoms with Gasteiger partial charge < -0.3 is 15.5 Å². The first kappa shape index (κ1) is 18.8. The quantitative estimate of drug-likeness (QED) is 0.685. The summed E-state index contributed by atoms with van der Waals surface area (Å²) in [6, 6.07) is 6.37. The summed E-state index contributed by atoms with van der Waals surface area (Å²) in [5.41, 5.74) is 2.89. The maximum Gasteiger partial charge on any atom is 0.247 e. The minimum Gasteiger partial charge on any atom is -0.354 e. The van der Waals surface area contributed by atoms with Crippen LogP contribution < -0.4 is 15.5 Å². The Morgan fingerprint density at radius 3 is 2.83 bits per heavy atom. The van der Waals surface area contributed by atoms with Crippen LogP contribution in [0.4, 0.5) is 23.1 Å². The Hall–Kier alpha value is -3.16. The number of amides is 1. The van der Waals surface area contributed by atoms with Gasteiger partial charge in [-0.3, -0.25) is 4.79 Å². The number of carbonyl (C=O) groups is 1. The van der Waals surface area contributed by atoms with Gasteiger partial charge >= 0.3 is 0 Å². The van der Waals surface area contributed by atoms with Crippen LogP contribution in [0.25, 0.3) is 5.65 Å². The van der Waals surface area contributed by atoms with Gasteiger partial charge in [-0.05, 0) is 44.4 Å². The molecule has 1 fully saturated rings. The molecule has 2 N–H and O–H groups in total. The van der Waals surface area contributed by atoms with Gasteiger partial charge in [0.2, 0.25) is 11.9 Å². The van der Waals surface area contributed by atoms with E-state index in [-0.39, 0.29) is 5.91 Å². The first-order valence-corrected chi connectivity index (χ1v) is 10.6. The normalized spacial score (nSPS) is 18.3. The van der Waals surface area contributed by atoms with E-state index in [9.17, 15) is 4.79 Å². The third-order valence-corrected chi connectivity index (χ3v) is 6.46. The number of hydrogen-bond acceptors (Lipinski definition) is 6. The van der Waals surface area contributed by atoms with E-state index < -0.39 is 5.41 Å². The number of nitrogens with one attached hydrogen (secondary N) is 2. The summed E-state index contributed by atoms with van der Waals surface area (Å²) in [7, 11) is 2.10. The lowest BCUT2D eigenvalue weighted by atomic mass is 9.86. The van der Waals surface area contributed by atoms with Gasteiger partial charge in [-0.1, -0.05) is 25.3 Å². The molecule has 1 saturated carbocycles. The number of rotatable bonds is 4. The Morgan fingerprint density at radius 2 is 2.03 bits per heavy atom. The fourth-order valence-electron chi connectivity index (χ4n) is 4.55. The molecule has 5 rings (SSSR count). The van der Waals surface area contributed by atoms with Crippen LogP contribution in [0.15, 0.2) is 30.6 Å². The van der Waals surface area contributed by atoms with Crippen molar-refractivity contribution in [3.05, 3.63) is 36.2 Å². The van der Waals surface area contributed by atoms with Gasteiger partial charge in [0.1, 0.15) is 0 Å². The lowest BCUT2D eigenvalue weighted by molar-refractivity contribution is -0.119. The summed E-state index contributed by atoms with van der Waals surface area (Å²) in [5, 5.41) is 10.8. The van der Waals surface area contributed by atoms with Gasteiger partial charge in [-0.25, -0.2) is 9.50 Å². The molecule has 3 heterocycles. The molecule has 0 unspecified atom stereocenters. The van der Waals surface area contributed by atoms with Gasteiger partial charge in [0.15, 0.2) is 11.5 Å². The zero-order chi connectivity index (χ0) is 20.9. The number of nitrogens with zero attached hydrogens (tertiary/aromatic N) is 5. The van der Waals surface area contributed by atoms with Gasteiger partial charge in [0.05, 0.1) is 5.41 Å². The number of carbonyl (C=O) groups excluding carboxylic acids is 1. The van der Waals surface area contributed by atoms with Crippen molar-refractivity contribution in [3.8, 4) is 0 Å². The Labute approximate surface area is 175 Å². The average molecular weight is 406 g/mol. The molecule has 1 amide bonds. The zero-order valence-corrected chi connectivity index (χ0v) is 17.6. The average Bonchev–Trinajstić information content (AvgIpc) is 3.25. The number of fused-ring (bicyclic) bond motifs is 2. The van der Waals surface area contributed by atoms with Gasteiger partial charge in [0, 0.05) is 36.9 Å². The fourth-order valence-corrected chi connectivity index (χ4v) is 4.55. The Bertz CT molecular complexity index is 1110. The molecule has 0 radical (unpaired) electrons. The van der Waals surface area contributed by atoms with E-state index in [1.54, 1.807) is 10.7 Å². The molecule has 2 aromatic heterocycles. The van der Waals surface area contributed by atoms with E-state index >= 15 is 0 Å². The molecule has 3 aromatic rings. The molecule has 8 nitrogen and oxygen atoms in total. The Morgan fingerprint density at radius 1 is 1.23 bits per heavy atom. The molecule has 1 aliphatic heterocycles. The molecule has 1 aliphatic carbocycles. The van der Waals surface area contributed by atoms with Crippen LogP contribution in [0.5, 0.6) is 0 Å². The predicted molar refractivity (Wildman–Crippen MR) is 117 cm³/mol. The number of benzene rings is 1. The minimum atomic E-state index is -0.514. The highest BCUT2D eigenvalue weighted by Gasteiger charge is 2.38. The van der Waals surface area contributed by atoms with E-state index in [0.717, 1.165) is 28.4 Å². The highest BCUT2D eigenvalue weighted by atomic mass is 16.2. The Kier molecular flexibility index (Phi) is 4.38. The standard InChI is InChI=1S/C22H27N7O/c1-22(2)16-10-9-14(13-17(16)25-20(22)30)24-21-26-19-18(23-11-12-29(19)27-21)28(3)15-7-5-4-6-8-15/h9-13,15H,4-8H2,1-3H3,(H,24,27)(H,25,30). The minimum absolute atomic E-state index is 0.0157. The SMILES string of the molecule is CN(c1nccn2nc(Nc3ccc4c(c3)NC(=O)C4(C)C)nc12)C1CCCCC1.